The fourth-order valence-corrected chi connectivity index (χ4v) is 3.02. The summed E-state index contributed by atoms with van der Waals surface area (Å²) in [5.41, 5.74) is 1.78. The zero-order valence-electron chi connectivity index (χ0n) is 9.88. The van der Waals surface area contributed by atoms with Crippen LogP contribution in [0.2, 0.25) is 0 Å². The van der Waals surface area contributed by atoms with Crippen molar-refractivity contribution in [1.82, 2.24) is 0 Å². The largest absolute Gasteiger partial charge is 0.396 e. The van der Waals surface area contributed by atoms with E-state index >= 15 is 0 Å². The van der Waals surface area contributed by atoms with E-state index in [2.05, 4.69) is 4.18 Å². The third-order valence-corrected chi connectivity index (χ3v) is 4.56. The molecular weight excluding hydrogens is 240 g/mol. The van der Waals surface area contributed by atoms with Gasteiger partial charge in [-0.15, -0.1) is 0 Å². The van der Waals surface area contributed by atoms with Gasteiger partial charge in [-0.25, -0.2) is 0 Å². The third kappa shape index (κ3) is 2.36. The highest BCUT2D eigenvalue weighted by molar-refractivity contribution is 7.86. The van der Waals surface area contributed by atoms with Crippen molar-refractivity contribution in [2.24, 2.45) is 5.92 Å². The van der Waals surface area contributed by atoms with E-state index in [1.54, 1.807) is 12.1 Å². The van der Waals surface area contributed by atoms with Crippen molar-refractivity contribution in [1.29, 1.82) is 0 Å². The van der Waals surface area contributed by atoms with Gasteiger partial charge in [-0.05, 0) is 36.8 Å². The van der Waals surface area contributed by atoms with E-state index in [-0.39, 0.29) is 23.3 Å². The number of benzene rings is 1. The molecule has 1 N–H and O–H groups in total. The molecule has 0 saturated heterocycles. The standard InChI is InChI=1S/C12H16O4S/c1-8-3-4-12(17(14,15)16-2)11(5-8)10-6-9(10)7-13/h3-5,9-10,13H,6-7H2,1-2H3/t9-,10-/m1/s1. The summed E-state index contributed by atoms with van der Waals surface area (Å²) >= 11 is 0. The van der Waals surface area contributed by atoms with E-state index in [1.165, 1.54) is 0 Å². The predicted octanol–water partition coefficient (Wildman–Crippen LogP) is 1.43. The Morgan fingerprint density at radius 1 is 1.47 bits per heavy atom. The molecule has 2 atom stereocenters. The Balaban J connectivity index is 2.46. The molecule has 0 spiro atoms. The molecule has 5 heteroatoms. The summed E-state index contributed by atoms with van der Waals surface area (Å²) < 4.78 is 28.1. The first-order valence-corrected chi connectivity index (χ1v) is 6.92. The highest BCUT2D eigenvalue weighted by Crippen LogP contribution is 2.49. The van der Waals surface area contributed by atoms with E-state index in [1.807, 2.05) is 13.0 Å². The lowest BCUT2D eigenvalue weighted by atomic mass is 10.1. The molecule has 0 heterocycles. The molecule has 1 aliphatic carbocycles. The number of hydrogen-bond donors (Lipinski definition) is 1. The number of rotatable bonds is 4. The molecule has 0 unspecified atom stereocenters. The second-order valence-electron chi connectivity index (χ2n) is 4.45. The molecule has 1 aromatic rings. The number of aliphatic hydroxyl groups excluding tert-OH is 1. The maximum Gasteiger partial charge on any atom is 0.296 e. The first-order valence-electron chi connectivity index (χ1n) is 5.51. The van der Waals surface area contributed by atoms with E-state index in [4.69, 9.17) is 5.11 Å². The van der Waals surface area contributed by atoms with Gasteiger partial charge in [0.25, 0.3) is 10.1 Å². The molecular formula is C12H16O4S. The van der Waals surface area contributed by atoms with Crippen LogP contribution in [0.1, 0.15) is 23.5 Å². The molecule has 4 nitrogen and oxygen atoms in total. The predicted molar refractivity (Wildman–Crippen MR) is 63.3 cm³/mol. The van der Waals surface area contributed by atoms with Gasteiger partial charge < -0.3 is 5.11 Å². The zero-order valence-corrected chi connectivity index (χ0v) is 10.7. The molecule has 0 aliphatic heterocycles. The van der Waals surface area contributed by atoms with E-state index in [0.717, 1.165) is 24.7 Å². The van der Waals surface area contributed by atoms with Crippen molar-refractivity contribution < 1.29 is 17.7 Å². The second kappa shape index (κ2) is 4.40. The molecule has 0 radical (unpaired) electrons. The first kappa shape index (κ1) is 12.5. The maximum absolute atomic E-state index is 11.8. The van der Waals surface area contributed by atoms with Crippen molar-refractivity contribution in [3.63, 3.8) is 0 Å². The van der Waals surface area contributed by atoms with E-state index in [9.17, 15) is 8.42 Å². The Morgan fingerprint density at radius 2 is 2.18 bits per heavy atom. The van der Waals surface area contributed by atoms with Crippen LogP contribution >= 0.6 is 0 Å². The first-order chi connectivity index (χ1) is 7.99. The SMILES string of the molecule is COS(=O)(=O)c1ccc(C)cc1[C@@H]1C[C@@H]1CO. The topological polar surface area (TPSA) is 63.6 Å². The van der Waals surface area contributed by atoms with Crippen molar-refractivity contribution in [3.05, 3.63) is 29.3 Å². The molecule has 2 rings (SSSR count). The smallest absolute Gasteiger partial charge is 0.296 e. The minimum atomic E-state index is -3.66. The molecule has 17 heavy (non-hydrogen) atoms. The van der Waals surface area contributed by atoms with Crippen LogP contribution in [-0.4, -0.2) is 27.2 Å². The average molecular weight is 256 g/mol. The number of aryl methyl sites for hydroxylation is 1. The Morgan fingerprint density at radius 3 is 2.71 bits per heavy atom. The lowest BCUT2D eigenvalue weighted by molar-refractivity contribution is 0.273. The molecule has 1 fully saturated rings. The fourth-order valence-electron chi connectivity index (χ4n) is 2.11. The summed E-state index contributed by atoms with van der Waals surface area (Å²) in [6.45, 7) is 2.02. The summed E-state index contributed by atoms with van der Waals surface area (Å²) in [4.78, 5) is 0.228. The van der Waals surface area contributed by atoms with Crippen LogP contribution in [0.25, 0.3) is 0 Å². The Hall–Kier alpha value is -0.910. The summed E-state index contributed by atoms with van der Waals surface area (Å²) in [7, 11) is -2.50. The quantitative estimate of drug-likeness (QED) is 0.828. The van der Waals surface area contributed by atoms with Crippen LogP contribution in [-0.2, 0) is 14.3 Å². The Kier molecular flexibility index (Phi) is 3.25. The average Bonchev–Trinajstić information content (AvgIpc) is 3.07. The van der Waals surface area contributed by atoms with E-state index < -0.39 is 10.1 Å². The van der Waals surface area contributed by atoms with Crippen LogP contribution in [0.3, 0.4) is 0 Å². The lowest BCUT2D eigenvalue weighted by Crippen LogP contribution is -2.07. The molecule has 0 aromatic heterocycles. The van der Waals surface area contributed by atoms with E-state index in [0.29, 0.717) is 0 Å². The van der Waals surface area contributed by atoms with Gasteiger partial charge in [-0.1, -0.05) is 17.7 Å². The van der Waals surface area contributed by atoms with Crippen LogP contribution in [0.4, 0.5) is 0 Å². The van der Waals surface area contributed by atoms with Gasteiger partial charge in [0.2, 0.25) is 0 Å². The van der Waals surface area contributed by atoms with Gasteiger partial charge >= 0.3 is 0 Å². The molecule has 94 valence electrons. The highest BCUT2D eigenvalue weighted by atomic mass is 32.2. The Labute approximate surface area is 101 Å². The minimum absolute atomic E-state index is 0.102. The van der Waals surface area contributed by atoms with Gasteiger partial charge in [0.1, 0.15) is 0 Å². The molecule has 0 amide bonds. The van der Waals surface area contributed by atoms with Gasteiger partial charge in [0.05, 0.1) is 12.0 Å². The Bertz CT molecular complexity index is 521. The summed E-state index contributed by atoms with van der Waals surface area (Å²) in [5, 5.41) is 9.08. The van der Waals surface area contributed by atoms with Crippen molar-refractivity contribution in [3.8, 4) is 0 Å². The number of aliphatic hydroxyl groups is 1. The lowest BCUT2D eigenvalue weighted by Gasteiger charge is -2.09. The molecule has 1 aliphatic rings. The van der Waals surface area contributed by atoms with Crippen molar-refractivity contribution >= 4 is 10.1 Å². The maximum atomic E-state index is 11.8. The van der Waals surface area contributed by atoms with Gasteiger partial charge in [-0.2, -0.15) is 8.42 Å². The van der Waals surface area contributed by atoms with Gasteiger partial charge in [0.15, 0.2) is 0 Å². The zero-order chi connectivity index (χ0) is 12.6. The van der Waals surface area contributed by atoms with Crippen molar-refractivity contribution in [2.75, 3.05) is 13.7 Å². The molecule has 0 bridgehead atoms. The highest BCUT2D eigenvalue weighted by Gasteiger charge is 2.40. The summed E-state index contributed by atoms with van der Waals surface area (Å²) in [5.74, 6) is 0.322. The number of hydrogen-bond acceptors (Lipinski definition) is 4. The van der Waals surface area contributed by atoms with Crippen LogP contribution in [0, 0.1) is 12.8 Å². The van der Waals surface area contributed by atoms with Gasteiger partial charge in [0, 0.05) is 6.61 Å². The van der Waals surface area contributed by atoms with Crippen molar-refractivity contribution in [2.45, 2.75) is 24.2 Å². The molecule has 1 aromatic carbocycles. The summed E-state index contributed by atoms with van der Waals surface area (Å²) in [6, 6.07) is 5.20. The summed E-state index contributed by atoms with van der Waals surface area (Å²) in [6.07, 6.45) is 0.839. The minimum Gasteiger partial charge on any atom is -0.396 e. The third-order valence-electron chi connectivity index (χ3n) is 3.21. The van der Waals surface area contributed by atoms with Crippen LogP contribution < -0.4 is 0 Å². The normalized spacial score (nSPS) is 23.7. The van der Waals surface area contributed by atoms with Crippen LogP contribution in [0.5, 0.6) is 0 Å². The monoisotopic (exact) mass is 256 g/mol. The van der Waals surface area contributed by atoms with Crippen LogP contribution in [0.15, 0.2) is 23.1 Å². The fraction of sp³-hybridized carbons (Fsp3) is 0.500. The second-order valence-corrected chi connectivity index (χ2v) is 6.13. The molecule has 1 saturated carbocycles. The van der Waals surface area contributed by atoms with Gasteiger partial charge in [-0.3, -0.25) is 4.18 Å².